The molecular formula is C26H24N2O11. The SMILES string of the molecule is CC1(C)OC(=O)C(=CNc2cc(COC(=O)c3ccco3)cc(NC=C3C(=O)OC(C)(C)OC3=O)c2)C(=O)O1. The first-order valence-corrected chi connectivity index (χ1v) is 11.5. The maximum Gasteiger partial charge on any atom is 0.374 e. The van der Waals surface area contributed by atoms with Crippen molar-refractivity contribution in [1.29, 1.82) is 0 Å². The molecule has 1 aromatic heterocycles. The van der Waals surface area contributed by atoms with Crippen LogP contribution in [-0.4, -0.2) is 41.4 Å². The zero-order chi connectivity index (χ0) is 28.4. The van der Waals surface area contributed by atoms with Gasteiger partial charge in [0.2, 0.25) is 5.76 Å². The van der Waals surface area contributed by atoms with Crippen LogP contribution in [0.5, 0.6) is 0 Å². The van der Waals surface area contributed by atoms with Gasteiger partial charge in [-0.3, -0.25) is 0 Å². The van der Waals surface area contributed by atoms with Gasteiger partial charge in [-0.25, -0.2) is 24.0 Å². The molecule has 39 heavy (non-hydrogen) atoms. The summed E-state index contributed by atoms with van der Waals surface area (Å²) in [6.07, 6.45) is 3.54. The lowest BCUT2D eigenvalue weighted by Gasteiger charge is -2.29. The number of carbonyl (C=O) groups excluding carboxylic acids is 5. The second-order valence-electron chi connectivity index (χ2n) is 9.23. The van der Waals surface area contributed by atoms with E-state index in [1.54, 1.807) is 12.1 Å². The average Bonchev–Trinajstić information content (AvgIpc) is 3.35. The lowest BCUT2D eigenvalue weighted by atomic mass is 10.1. The van der Waals surface area contributed by atoms with Gasteiger partial charge in [-0.2, -0.15) is 0 Å². The van der Waals surface area contributed by atoms with E-state index in [1.807, 2.05) is 0 Å². The van der Waals surface area contributed by atoms with Gasteiger partial charge in [0.15, 0.2) is 11.1 Å². The van der Waals surface area contributed by atoms with E-state index in [0.29, 0.717) is 16.9 Å². The van der Waals surface area contributed by atoms with Gasteiger partial charge < -0.3 is 38.7 Å². The number of anilines is 2. The van der Waals surface area contributed by atoms with Gasteiger partial charge in [-0.05, 0) is 35.9 Å². The third kappa shape index (κ3) is 6.63. The summed E-state index contributed by atoms with van der Waals surface area (Å²) in [4.78, 5) is 61.2. The van der Waals surface area contributed by atoms with E-state index < -0.39 is 41.4 Å². The number of hydrogen-bond acceptors (Lipinski definition) is 13. The van der Waals surface area contributed by atoms with Crippen molar-refractivity contribution in [2.45, 2.75) is 45.9 Å². The number of carbonyl (C=O) groups is 5. The number of ether oxygens (including phenoxy) is 5. The van der Waals surface area contributed by atoms with Crippen molar-refractivity contribution >= 4 is 41.2 Å². The fourth-order valence-electron chi connectivity index (χ4n) is 3.42. The summed E-state index contributed by atoms with van der Waals surface area (Å²) in [5, 5.41) is 5.60. The minimum absolute atomic E-state index is 0.00610. The van der Waals surface area contributed by atoms with Gasteiger partial charge in [0, 0.05) is 51.5 Å². The number of cyclic esters (lactones) is 4. The molecule has 2 N–H and O–H groups in total. The van der Waals surface area contributed by atoms with Crippen molar-refractivity contribution in [3.8, 4) is 0 Å². The molecule has 3 heterocycles. The predicted molar refractivity (Wildman–Crippen MR) is 130 cm³/mol. The smallest absolute Gasteiger partial charge is 0.374 e. The summed E-state index contributed by atoms with van der Waals surface area (Å²) in [5.74, 6) is -7.02. The molecule has 0 bridgehead atoms. The van der Waals surface area contributed by atoms with Gasteiger partial charge in [-0.15, -0.1) is 0 Å². The zero-order valence-electron chi connectivity index (χ0n) is 21.3. The maximum atomic E-state index is 12.2. The minimum atomic E-state index is -1.40. The highest BCUT2D eigenvalue weighted by Gasteiger charge is 2.40. The summed E-state index contributed by atoms with van der Waals surface area (Å²) < 4.78 is 30.6. The van der Waals surface area contributed by atoms with E-state index in [0.717, 1.165) is 12.4 Å². The van der Waals surface area contributed by atoms with E-state index in [1.165, 1.54) is 52.2 Å². The van der Waals surface area contributed by atoms with E-state index in [-0.39, 0.29) is 23.5 Å². The van der Waals surface area contributed by atoms with Gasteiger partial charge in [0.1, 0.15) is 6.61 Å². The predicted octanol–water partition coefficient (Wildman–Crippen LogP) is 2.90. The maximum absolute atomic E-state index is 12.2. The fraction of sp³-hybridized carbons (Fsp3) is 0.269. The Morgan fingerprint density at radius 3 is 1.67 bits per heavy atom. The topological polar surface area (TPSA) is 169 Å². The molecule has 0 unspecified atom stereocenters. The Bertz CT molecular complexity index is 1280. The Hall–Kier alpha value is -5.07. The summed E-state index contributed by atoms with van der Waals surface area (Å²) in [6, 6.07) is 7.65. The molecule has 0 amide bonds. The lowest BCUT2D eigenvalue weighted by molar-refractivity contribution is -0.224. The molecule has 13 heteroatoms. The number of rotatable bonds is 7. The summed E-state index contributed by atoms with van der Waals surface area (Å²) in [5.41, 5.74) is 0.349. The molecule has 204 valence electrons. The standard InChI is InChI=1S/C26H24N2O11/c1-25(2)36-20(29)17(21(30)37-25)11-27-15-8-14(13-35-24(33)19-6-5-7-34-19)9-16(10-15)28-12-18-22(31)38-26(3,4)39-23(18)32/h5-12,27-28H,13H2,1-4H3. The van der Waals surface area contributed by atoms with Crippen LogP contribution in [0.25, 0.3) is 0 Å². The molecule has 0 saturated carbocycles. The molecule has 13 nitrogen and oxygen atoms in total. The van der Waals surface area contributed by atoms with E-state index in [4.69, 9.17) is 28.1 Å². The van der Waals surface area contributed by atoms with Gasteiger partial charge in [0.25, 0.3) is 11.6 Å². The molecule has 2 aliphatic rings. The Labute approximate surface area is 221 Å². The zero-order valence-corrected chi connectivity index (χ0v) is 21.3. The Kier molecular flexibility index (Phi) is 7.17. The summed E-state index contributed by atoms with van der Waals surface area (Å²) in [7, 11) is 0. The number of hydrogen-bond donors (Lipinski definition) is 2. The van der Waals surface area contributed by atoms with E-state index in [2.05, 4.69) is 10.6 Å². The molecule has 2 aromatic rings. The molecule has 1 aromatic carbocycles. The molecule has 0 aliphatic carbocycles. The van der Waals surface area contributed by atoms with Crippen molar-refractivity contribution in [2.24, 2.45) is 0 Å². The molecule has 0 atom stereocenters. The van der Waals surface area contributed by atoms with E-state index >= 15 is 0 Å². The first-order valence-electron chi connectivity index (χ1n) is 11.5. The average molecular weight is 540 g/mol. The largest absolute Gasteiger partial charge is 0.457 e. The minimum Gasteiger partial charge on any atom is -0.457 e. The second-order valence-corrected chi connectivity index (χ2v) is 9.23. The van der Waals surface area contributed by atoms with Crippen LogP contribution in [0, 0.1) is 0 Å². The number of nitrogens with one attached hydrogen (secondary N) is 2. The summed E-state index contributed by atoms with van der Waals surface area (Å²) >= 11 is 0. The molecule has 2 fully saturated rings. The Morgan fingerprint density at radius 1 is 0.795 bits per heavy atom. The van der Waals surface area contributed by atoms with Gasteiger partial charge in [-0.1, -0.05) is 0 Å². The van der Waals surface area contributed by atoms with Crippen LogP contribution in [0.3, 0.4) is 0 Å². The van der Waals surface area contributed by atoms with Crippen molar-refractivity contribution in [3.05, 3.63) is 71.5 Å². The molecule has 4 rings (SSSR count). The van der Waals surface area contributed by atoms with Crippen molar-refractivity contribution in [3.63, 3.8) is 0 Å². The van der Waals surface area contributed by atoms with Crippen LogP contribution in [0.2, 0.25) is 0 Å². The monoisotopic (exact) mass is 540 g/mol. The first kappa shape index (κ1) is 27.0. The normalized spacial score (nSPS) is 17.7. The van der Waals surface area contributed by atoms with Crippen molar-refractivity contribution in [2.75, 3.05) is 10.6 Å². The highest BCUT2D eigenvalue weighted by atomic mass is 16.7. The number of esters is 5. The fourth-order valence-corrected chi connectivity index (χ4v) is 3.42. The molecule has 2 aliphatic heterocycles. The van der Waals surface area contributed by atoms with Crippen molar-refractivity contribution < 1.29 is 52.1 Å². The number of benzene rings is 1. The highest BCUT2D eigenvalue weighted by Crippen LogP contribution is 2.26. The first-order chi connectivity index (χ1) is 18.3. The Morgan fingerprint density at radius 2 is 1.26 bits per heavy atom. The quantitative estimate of drug-likeness (QED) is 0.228. The molecule has 0 spiro atoms. The summed E-state index contributed by atoms with van der Waals surface area (Å²) in [6.45, 7) is 5.49. The Balaban J connectivity index is 1.57. The third-order valence-corrected chi connectivity index (χ3v) is 5.09. The van der Waals surface area contributed by atoms with Crippen LogP contribution in [0.4, 0.5) is 11.4 Å². The third-order valence-electron chi connectivity index (χ3n) is 5.09. The van der Waals surface area contributed by atoms with Gasteiger partial charge >= 0.3 is 29.8 Å². The van der Waals surface area contributed by atoms with Crippen LogP contribution in [0.1, 0.15) is 43.8 Å². The molecule has 2 saturated heterocycles. The van der Waals surface area contributed by atoms with Crippen LogP contribution >= 0.6 is 0 Å². The van der Waals surface area contributed by atoms with Crippen molar-refractivity contribution in [1.82, 2.24) is 0 Å². The van der Waals surface area contributed by atoms with Crippen LogP contribution < -0.4 is 10.6 Å². The molecule has 0 radical (unpaired) electrons. The molecular weight excluding hydrogens is 516 g/mol. The lowest BCUT2D eigenvalue weighted by Crippen LogP contribution is -2.42. The van der Waals surface area contributed by atoms with Crippen LogP contribution in [-0.2, 0) is 49.5 Å². The number of furan rings is 1. The van der Waals surface area contributed by atoms with Crippen LogP contribution in [0.15, 0.2) is 64.6 Å². The van der Waals surface area contributed by atoms with E-state index in [9.17, 15) is 24.0 Å². The second kappa shape index (κ2) is 10.4. The van der Waals surface area contributed by atoms with Gasteiger partial charge in [0.05, 0.1) is 6.26 Å². The highest BCUT2D eigenvalue weighted by molar-refractivity contribution is 6.16.